The summed E-state index contributed by atoms with van der Waals surface area (Å²) >= 11 is 0. The minimum atomic E-state index is 0.411. The third-order valence-corrected chi connectivity index (χ3v) is 3.67. The average Bonchev–Trinajstić information content (AvgIpc) is 3.03. The van der Waals surface area contributed by atoms with Gasteiger partial charge >= 0.3 is 0 Å². The predicted molar refractivity (Wildman–Crippen MR) is 89.1 cm³/mol. The molecule has 2 aromatic heterocycles. The molecular formula is C18H11N5. The lowest BCUT2D eigenvalue weighted by Gasteiger charge is -2.02. The summed E-state index contributed by atoms with van der Waals surface area (Å²) in [6.07, 6.45) is 5.10. The standard InChI is InChI=1S/C18H11N5/c19-11-16(23-18-7-8-20-12-17(18)21-22-23)10-13-5-6-14-3-1-2-4-15(14)9-13/h1-10,12H/b16-10+. The van der Waals surface area contributed by atoms with Crippen molar-refractivity contribution in [1.29, 1.82) is 5.26 Å². The summed E-state index contributed by atoms with van der Waals surface area (Å²) in [6, 6.07) is 18.2. The molecule has 0 radical (unpaired) electrons. The van der Waals surface area contributed by atoms with Crippen LogP contribution < -0.4 is 0 Å². The highest BCUT2D eigenvalue weighted by molar-refractivity contribution is 5.89. The molecule has 0 saturated heterocycles. The molecule has 4 aromatic rings. The van der Waals surface area contributed by atoms with Crippen LogP contribution in [0.2, 0.25) is 0 Å². The van der Waals surface area contributed by atoms with Crippen molar-refractivity contribution in [3.05, 3.63) is 66.5 Å². The Bertz CT molecular complexity index is 1090. The molecule has 2 heterocycles. The molecule has 0 aliphatic carbocycles. The summed E-state index contributed by atoms with van der Waals surface area (Å²) < 4.78 is 1.53. The molecule has 0 fully saturated rings. The molecule has 0 aliphatic rings. The second-order valence-electron chi connectivity index (χ2n) is 5.11. The van der Waals surface area contributed by atoms with Crippen molar-refractivity contribution >= 4 is 33.6 Å². The number of hydrogen-bond acceptors (Lipinski definition) is 4. The fourth-order valence-electron chi connectivity index (χ4n) is 2.55. The molecule has 0 aliphatic heterocycles. The smallest absolute Gasteiger partial charge is 0.145 e. The number of nitrogens with zero attached hydrogens (tertiary/aromatic N) is 5. The molecular weight excluding hydrogens is 286 g/mol. The van der Waals surface area contributed by atoms with Gasteiger partial charge in [0.1, 0.15) is 17.3 Å². The number of allylic oxidation sites excluding steroid dienone is 1. The molecule has 5 nitrogen and oxygen atoms in total. The quantitative estimate of drug-likeness (QED) is 0.531. The lowest BCUT2D eigenvalue weighted by atomic mass is 10.1. The van der Waals surface area contributed by atoms with Gasteiger partial charge in [0.05, 0.1) is 11.7 Å². The summed E-state index contributed by atoms with van der Waals surface area (Å²) in [7, 11) is 0. The van der Waals surface area contributed by atoms with E-state index in [0.717, 1.165) is 16.5 Å². The second-order valence-corrected chi connectivity index (χ2v) is 5.11. The van der Waals surface area contributed by atoms with Crippen molar-refractivity contribution in [3.63, 3.8) is 0 Å². The van der Waals surface area contributed by atoms with Crippen molar-refractivity contribution < 1.29 is 0 Å². The largest absolute Gasteiger partial charge is 0.262 e. The van der Waals surface area contributed by atoms with E-state index in [1.807, 2.05) is 30.3 Å². The van der Waals surface area contributed by atoms with Crippen LogP contribution in [0.15, 0.2) is 60.9 Å². The Balaban J connectivity index is 1.85. The minimum absolute atomic E-state index is 0.411. The monoisotopic (exact) mass is 297 g/mol. The highest BCUT2D eigenvalue weighted by atomic mass is 15.4. The van der Waals surface area contributed by atoms with Gasteiger partial charge in [-0.25, -0.2) is 4.68 Å². The van der Waals surface area contributed by atoms with Crippen LogP contribution in [0, 0.1) is 11.3 Å². The topological polar surface area (TPSA) is 67.4 Å². The van der Waals surface area contributed by atoms with Gasteiger partial charge in [-0.2, -0.15) is 5.26 Å². The number of aromatic nitrogens is 4. The van der Waals surface area contributed by atoms with E-state index >= 15 is 0 Å². The molecule has 108 valence electrons. The van der Waals surface area contributed by atoms with Crippen LogP contribution in [0.25, 0.3) is 33.6 Å². The van der Waals surface area contributed by atoms with Gasteiger partial charge in [-0.1, -0.05) is 41.6 Å². The lowest BCUT2D eigenvalue weighted by Crippen LogP contribution is -1.97. The fraction of sp³-hybridized carbons (Fsp3) is 0. The maximum atomic E-state index is 9.51. The number of pyridine rings is 1. The Morgan fingerprint density at radius 3 is 2.83 bits per heavy atom. The fourth-order valence-corrected chi connectivity index (χ4v) is 2.55. The van der Waals surface area contributed by atoms with E-state index in [-0.39, 0.29) is 0 Å². The molecule has 0 spiro atoms. The third kappa shape index (κ3) is 2.32. The van der Waals surface area contributed by atoms with Crippen molar-refractivity contribution in [2.24, 2.45) is 0 Å². The number of fused-ring (bicyclic) bond motifs is 2. The first kappa shape index (κ1) is 13.2. The van der Waals surface area contributed by atoms with Crippen LogP contribution in [0.4, 0.5) is 0 Å². The zero-order chi connectivity index (χ0) is 15.6. The van der Waals surface area contributed by atoms with E-state index in [9.17, 15) is 5.26 Å². The molecule has 0 amide bonds. The molecule has 0 bridgehead atoms. The molecule has 0 saturated carbocycles. The molecule has 0 N–H and O–H groups in total. The number of benzene rings is 2. The Kier molecular flexibility index (Phi) is 3.06. The van der Waals surface area contributed by atoms with Gasteiger partial charge in [-0.3, -0.25) is 4.98 Å². The molecule has 5 heteroatoms. The number of hydrogen-bond donors (Lipinski definition) is 0. The van der Waals surface area contributed by atoms with E-state index in [0.29, 0.717) is 11.2 Å². The first-order valence-corrected chi connectivity index (χ1v) is 7.11. The maximum absolute atomic E-state index is 9.51. The van der Waals surface area contributed by atoms with Crippen LogP contribution in [0.1, 0.15) is 5.56 Å². The van der Waals surface area contributed by atoms with Crippen LogP contribution in [0.5, 0.6) is 0 Å². The lowest BCUT2D eigenvalue weighted by molar-refractivity contribution is 0.848. The van der Waals surface area contributed by atoms with Gasteiger partial charge in [0.25, 0.3) is 0 Å². The molecule has 23 heavy (non-hydrogen) atoms. The van der Waals surface area contributed by atoms with Crippen molar-refractivity contribution in [2.45, 2.75) is 0 Å². The predicted octanol–water partition coefficient (Wildman–Crippen LogP) is 3.50. The Hall–Kier alpha value is -3.52. The number of nitriles is 1. The Morgan fingerprint density at radius 1 is 1.09 bits per heavy atom. The Morgan fingerprint density at radius 2 is 1.96 bits per heavy atom. The summed E-state index contributed by atoms with van der Waals surface area (Å²) in [5.74, 6) is 0. The van der Waals surface area contributed by atoms with Gasteiger partial charge in [-0.05, 0) is 34.5 Å². The van der Waals surface area contributed by atoms with Crippen molar-refractivity contribution in [2.75, 3.05) is 0 Å². The molecule has 0 unspecified atom stereocenters. The van der Waals surface area contributed by atoms with E-state index in [2.05, 4.69) is 33.5 Å². The van der Waals surface area contributed by atoms with E-state index in [1.165, 1.54) is 10.1 Å². The molecule has 4 rings (SSSR count). The zero-order valence-electron chi connectivity index (χ0n) is 12.1. The number of rotatable bonds is 2. The van der Waals surface area contributed by atoms with Crippen molar-refractivity contribution in [3.8, 4) is 6.07 Å². The summed E-state index contributed by atoms with van der Waals surface area (Å²) in [5, 5.41) is 19.9. The molecule has 2 aromatic carbocycles. The summed E-state index contributed by atoms with van der Waals surface area (Å²) in [5.41, 5.74) is 2.77. The van der Waals surface area contributed by atoms with Gasteiger partial charge in [0.15, 0.2) is 0 Å². The molecule has 0 atom stereocenters. The third-order valence-electron chi connectivity index (χ3n) is 3.67. The highest BCUT2D eigenvalue weighted by Gasteiger charge is 2.08. The second kappa shape index (κ2) is 5.35. The average molecular weight is 297 g/mol. The van der Waals surface area contributed by atoms with Gasteiger partial charge < -0.3 is 0 Å². The Labute approximate surface area is 132 Å². The first-order chi connectivity index (χ1) is 11.3. The summed E-state index contributed by atoms with van der Waals surface area (Å²) in [6.45, 7) is 0. The van der Waals surface area contributed by atoms with E-state index in [1.54, 1.807) is 24.5 Å². The first-order valence-electron chi connectivity index (χ1n) is 7.11. The van der Waals surface area contributed by atoms with E-state index in [4.69, 9.17) is 0 Å². The van der Waals surface area contributed by atoms with Crippen LogP contribution in [0.3, 0.4) is 0 Å². The van der Waals surface area contributed by atoms with Crippen LogP contribution in [-0.2, 0) is 0 Å². The van der Waals surface area contributed by atoms with Gasteiger partial charge in [0.2, 0.25) is 0 Å². The van der Waals surface area contributed by atoms with Gasteiger partial charge in [-0.15, -0.1) is 5.10 Å². The minimum Gasteiger partial charge on any atom is -0.262 e. The summed E-state index contributed by atoms with van der Waals surface area (Å²) in [4.78, 5) is 4.01. The van der Waals surface area contributed by atoms with E-state index < -0.39 is 0 Å². The van der Waals surface area contributed by atoms with Crippen molar-refractivity contribution in [1.82, 2.24) is 20.0 Å². The van der Waals surface area contributed by atoms with Gasteiger partial charge in [0, 0.05) is 6.20 Å². The SMILES string of the molecule is N#C/C(=C\c1ccc2ccccc2c1)n1nnc2cnccc21. The highest BCUT2D eigenvalue weighted by Crippen LogP contribution is 2.20. The van der Waals surface area contributed by atoms with Crippen LogP contribution >= 0.6 is 0 Å². The maximum Gasteiger partial charge on any atom is 0.145 e. The van der Waals surface area contributed by atoms with Crippen LogP contribution in [-0.4, -0.2) is 20.0 Å². The zero-order valence-corrected chi connectivity index (χ0v) is 12.1. The normalized spacial score (nSPS) is 11.7.